The molecule has 0 radical (unpaired) electrons. The van der Waals surface area contributed by atoms with Crippen molar-refractivity contribution in [1.82, 2.24) is 5.32 Å². The molecule has 0 saturated carbocycles. The summed E-state index contributed by atoms with van der Waals surface area (Å²) in [6, 6.07) is 7.00. The van der Waals surface area contributed by atoms with Gasteiger partial charge in [-0.2, -0.15) is 0 Å². The molecule has 0 aliphatic rings. The molecule has 1 atom stereocenters. The van der Waals surface area contributed by atoms with Crippen molar-refractivity contribution in [2.75, 3.05) is 0 Å². The lowest BCUT2D eigenvalue weighted by molar-refractivity contribution is -0.148. The van der Waals surface area contributed by atoms with Gasteiger partial charge in [-0.3, -0.25) is 0 Å². The monoisotopic (exact) mass is 321 g/mol. The summed E-state index contributed by atoms with van der Waals surface area (Å²) in [6.07, 6.45) is -0.622. The van der Waals surface area contributed by atoms with Crippen LogP contribution in [-0.2, 0) is 20.9 Å². The van der Waals surface area contributed by atoms with E-state index < -0.39 is 23.7 Å². The molecule has 0 aliphatic heterocycles. The number of alkyl carbamates (subject to hydrolysis) is 1. The predicted molar refractivity (Wildman–Crippen MR) is 89.0 cm³/mol. The molecule has 5 heteroatoms. The average Bonchev–Trinajstić information content (AvgIpc) is 2.41. The molecule has 1 aromatic rings. The van der Waals surface area contributed by atoms with E-state index in [1.54, 1.807) is 20.8 Å². The Morgan fingerprint density at radius 3 is 2.17 bits per heavy atom. The number of nitrogens with one attached hydrogen (secondary N) is 1. The quantitative estimate of drug-likeness (QED) is 0.842. The van der Waals surface area contributed by atoms with Crippen molar-refractivity contribution in [3.63, 3.8) is 0 Å². The topological polar surface area (TPSA) is 64.6 Å². The van der Waals surface area contributed by atoms with Gasteiger partial charge in [0.05, 0.1) is 0 Å². The van der Waals surface area contributed by atoms with E-state index in [4.69, 9.17) is 9.47 Å². The second-order valence-corrected chi connectivity index (χ2v) is 6.96. The third-order valence-corrected chi connectivity index (χ3v) is 3.09. The molecule has 0 spiro atoms. The Morgan fingerprint density at radius 2 is 1.70 bits per heavy atom. The normalized spacial score (nSPS) is 12.7. The van der Waals surface area contributed by atoms with Crippen LogP contribution in [0.1, 0.15) is 45.7 Å². The van der Waals surface area contributed by atoms with Gasteiger partial charge in [0.2, 0.25) is 0 Å². The van der Waals surface area contributed by atoms with Gasteiger partial charge in [-0.25, -0.2) is 9.59 Å². The van der Waals surface area contributed by atoms with Crippen LogP contribution in [0.3, 0.4) is 0 Å². The molecule has 5 nitrogen and oxygen atoms in total. The molecule has 1 rings (SSSR count). The first kappa shape index (κ1) is 19.0. The summed E-state index contributed by atoms with van der Waals surface area (Å²) < 4.78 is 10.5. The molecule has 1 aromatic carbocycles. The summed E-state index contributed by atoms with van der Waals surface area (Å²) in [5.41, 5.74) is 1.44. The molecule has 0 aromatic heterocycles. The minimum absolute atomic E-state index is 0.104. The van der Waals surface area contributed by atoms with Crippen molar-refractivity contribution in [2.24, 2.45) is 5.92 Å². The van der Waals surface area contributed by atoms with Crippen molar-refractivity contribution < 1.29 is 19.1 Å². The number of hydrogen-bond donors (Lipinski definition) is 1. The number of carbonyl (C=O) groups is 2. The van der Waals surface area contributed by atoms with E-state index in [1.807, 2.05) is 45.0 Å². The molecule has 23 heavy (non-hydrogen) atoms. The van der Waals surface area contributed by atoms with Crippen molar-refractivity contribution in [3.8, 4) is 0 Å². The van der Waals surface area contributed by atoms with Crippen LogP contribution in [0, 0.1) is 12.8 Å². The standard InChI is InChI=1S/C18H27NO4/c1-12(2)15(19-17(21)23-18(4,5)6)16(20)22-11-14-9-7-13(3)8-10-14/h7-10,12,15H,11H2,1-6H3,(H,19,21)/t15-/m1/s1. The second kappa shape index (κ2) is 7.99. The van der Waals surface area contributed by atoms with E-state index >= 15 is 0 Å². The molecule has 0 bridgehead atoms. The third-order valence-electron chi connectivity index (χ3n) is 3.09. The number of amides is 1. The van der Waals surface area contributed by atoms with Crippen molar-refractivity contribution >= 4 is 12.1 Å². The SMILES string of the molecule is Cc1ccc(COC(=O)[C@H](NC(=O)OC(C)(C)C)C(C)C)cc1. The lowest BCUT2D eigenvalue weighted by atomic mass is 10.1. The van der Waals surface area contributed by atoms with Gasteiger partial charge in [0, 0.05) is 0 Å². The van der Waals surface area contributed by atoms with Gasteiger partial charge in [-0.15, -0.1) is 0 Å². The van der Waals surface area contributed by atoms with Gasteiger partial charge >= 0.3 is 12.1 Å². The summed E-state index contributed by atoms with van der Waals surface area (Å²) in [6.45, 7) is 11.2. The average molecular weight is 321 g/mol. The van der Waals surface area contributed by atoms with E-state index in [0.717, 1.165) is 11.1 Å². The number of benzene rings is 1. The molecule has 128 valence electrons. The number of esters is 1. The smallest absolute Gasteiger partial charge is 0.408 e. The molecular weight excluding hydrogens is 294 g/mol. The zero-order valence-corrected chi connectivity index (χ0v) is 14.8. The molecule has 0 heterocycles. The fourth-order valence-electron chi connectivity index (χ4n) is 1.86. The van der Waals surface area contributed by atoms with Crippen LogP contribution in [0.4, 0.5) is 4.79 Å². The third kappa shape index (κ3) is 7.17. The van der Waals surface area contributed by atoms with E-state index in [2.05, 4.69) is 5.32 Å². The van der Waals surface area contributed by atoms with Gasteiger partial charge < -0.3 is 14.8 Å². The van der Waals surface area contributed by atoms with Gasteiger partial charge in [-0.1, -0.05) is 43.7 Å². The van der Waals surface area contributed by atoms with E-state index in [1.165, 1.54) is 0 Å². The first-order chi connectivity index (χ1) is 10.6. The summed E-state index contributed by atoms with van der Waals surface area (Å²) in [5, 5.41) is 2.58. The lowest BCUT2D eigenvalue weighted by Gasteiger charge is -2.24. The zero-order valence-electron chi connectivity index (χ0n) is 14.8. The predicted octanol–water partition coefficient (Wildman–Crippen LogP) is 3.59. The van der Waals surface area contributed by atoms with E-state index in [-0.39, 0.29) is 12.5 Å². The highest BCUT2D eigenvalue weighted by Gasteiger charge is 2.28. The lowest BCUT2D eigenvalue weighted by Crippen LogP contribution is -2.47. The molecular formula is C18H27NO4. The Balaban J connectivity index is 2.60. The van der Waals surface area contributed by atoms with Crippen molar-refractivity contribution in [3.05, 3.63) is 35.4 Å². The Kier molecular flexibility index (Phi) is 6.61. The molecule has 0 aliphatic carbocycles. The van der Waals surface area contributed by atoms with Crippen LogP contribution in [-0.4, -0.2) is 23.7 Å². The van der Waals surface area contributed by atoms with Crippen molar-refractivity contribution in [1.29, 1.82) is 0 Å². The molecule has 0 fully saturated rings. The maximum absolute atomic E-state index is 12.2. The molecule has 1 amide bonds. The van der Waals surface area contributed by atoms with E-state index in [0.29, 0.717) is 0 Å². The highest BCUT2D eigenvalue weighted by atomic mass is 16.6. The van der Waals surface area contributed by atoms with Crippen LogP contribution in [0.15, 0.2) is 24.3 Å². The fraction of sp³-hybridized carbons (Fsp3) is 0.556. The largest absolute Gasteiger partial charge is 0.459 e. The number of rotatable bonds is 5. The number of carbonyl (C=O) groups excluding carboxylic acids is 2. The number of ether oxygens (including phenoxy) is 2. The van der Waals surface area contributed by atoms with Crippen LogP contribution < -0.4 is 5.32 Å². The zero-order chi connectivity index (χ0) is 17.6. The second-order valence-electron chi connectivity index (χ2n) is 6.96. The van der Waals surface area contributed by atoms with Crippen LogP contribution >= 0.6 is 0 Å². The summed E-state index contributed by atoms with van der Waals surface area (Å²) in [7, 11) is 0. The molecule has 0 unspecified atom stereocenters. The number of hydrogen-bond acceptors (Lipinski definition) is 4. The Morgan fingerprint density at radius 1 is 1.13 bits per heavy atom. The maximum atomic E-state index is 12.2. The van der Waals surface area contributed by atoms with Crippen LogP contribution in [0.25, 0.3) is 0 Å². The first-order valence-corrected chi connectivity index (χ1v) is 7.80. The van der Waals surface area contributed by atoms with Gasteiger partial charge in [-0.05, 0) is 39.2 Å². The minimum Gasteiger partial charge on any atom is -0.459 e. The Hall–Kier alpha value is -2.04. The van der Waals surface area contributed by atoms with E-state index in [9.17, 15) is 9.59 Å². The summed E-state index contributed by atoms with van der Waals surface area (Å²) >= 11 is 0. The fourth-order valence-corrected chi connectivity index (χ4v) is 1.86. The maximum Gasteiger partial charge on any atom is 0.408 e. The van der Waals surface area contributed by atoms with Gasteiger partial charge in [0.15, 0.2) is 0 Å². The molecule has 0 saturated heterocycles. The summed E-state index contributed by atoms with van der Waals surface area (Å²) in [4.78, 5) is 24.1. The van der Waals surface area contributed by atoms with Crippen molar-refractivity contribution in [2.45, 2.75) is 59.8 Å². The highest BCUT2D eigenvalue weighted by Crippen LogP contribution is 2.11. The Labute approximate surface area is 138 Å². The Bertz CT molecular complexity index is 529. The van der Waals surface area contributed by atoms with Crippen LogP contribution in [0.5, 0.6) is 0 Å². The molecule has 1 N–H and O–H groups in total. The number of aryl methyl sites for hydroxylation is 1. The summed E-state index contributed by atoms with van der Waals surface area (Å²) in [5.74, 6) is -0.570. The highest BCUT2D eigenvalue weighted by molar-refractivity contribution is 5.81. The minimum atomic E-state index is -0.740. The van der Waals surface area contributed by atoms with Crippen LogP contribution in [0.2, 0.25) is 0 Å². The van der Waals surface area contributed by atoms with Gasteiger partial charge in [0.1, 0.15) is 18.2 Å². The van der Waals surface area contributed by atoms with Gasteiger partial charge in [0.25, 0.3) is 0 Å². The first-order valence-electron chi connectivity index (χ1n) is 7.80.